The molecule has 0 fully saturated rings. The summed E-state index contributed by atoms with van der Waals surface area (Å²) in [7, 11) is -2.10. The van der Waals surface area contributed by atoms with Crippen LogP contribution in [0.15, 0.2) is 42.9 Å². The number of rotatable bonds is 11. The van der Waals surface area contributed by atoms with E-state index < -0.39 is 25.7 Å². The van der Waals surface area contributed by atoms with E-state index in [-0.39, 0.29) is 41.6 Å². The lowest BCUT2D eigenvalue weighted by Gasteiger charge is -2.37. The normalized spacial score (nSPS) is 13.3. The number of pyridine rings is 2. The van der Waals surface area contributed by atoms with E-state index in [1.54, 1.807) is 42.9 Å². The van der Waals surface area contributed by atoms with Crippen LogP contribution in [0.1, 0.15) is 34.6 Å². The number of nitrogens with two attached hydrogens (primary N) is 1. The molecule has 39 heavy (non-hydrogen) atoms. The summed E-state index contributed by atoms with van der Waals surface area (Å²) in [6, 6.07) is 6.25. The van der Waals surface area contributed by atoms with Crippen molar-refractivity contribution in [3.63, 3.8) is 0 Å². The molecule has 1 atom stereocenters. The lowest BCUT2D eigenvalue weighted by molar-refractivity contribution is -0.162. The second-order valence-electron chi connectivity index (χ2n) is 11.5. The van der Waals surface area contributed by atoms with E-state index in [1.807, 2.05) is 0 Å². The third-order valence-corrected chi connectivity index (χ3v) is 11.4. The first-order valence-corrected chi connectivity index (χ1v) is 15.9. The Labute approximate surface area is 235 Å². The molecule has 0 unspecified atom stereocenters. The van der Waals surface area contributed by atoms with Crippen LogP contribution in [0.25, 0.3) is 11.4 Å². The number of aromatic nitrogens is 4. The van der Waals surface area contributed by atoms with Gasteiger partial charge in [-0.05, 0) is 56.2 Å². The highest BCUT2D eigenvalue weighted by molar-refractivity contribution is 6.74. The van der Waals surface area contributed by atoms with Crippen molar-refractivity contribution in [3.8, 4) is 23.0 Å². The van der Waals surface area contributed by atoms with Crippen molar-refractivity contribution in [3.05, 3.63) is 53.7 Å². The van der Waals surface area contributed by atoms with E-state index in [0.717, 1.165) is 6.07 Å². The van der Waals surface area contributed by atoms with Crippen LogP contribution in [0, 0.1) is 11.7 Å². The molecule has 212 valence electrons. The molecule has 0 bridgehead atoms. The van der Waals surface area contributed by atoms with Crippen LogP contribution in [0.3, 0.4) is 0 Å². The molecule has 0 aliphatic heterocycles. The lowest BCUT2D eigenvalue weighted by atomic mass is 10.1. The first-order chi connectivity index (χ1) is 18.1. The topological polar surface area (TPSA) is 114 Å². The maximum Gasteiger partial charge on any atom is 0.313 e. The van der Waals surface area contributed by atoms with Gasteiger partial charge in [0, 0.05) is 25.5 Å². The van der Waals surface area contributed by atoms with Gasteiger partial charge in [-0.15, -0.1) is 0 Å². The summed E-state index contributed by atoms with van der Waals surface area (Å²) < 4.78 is 33.2. The fraction of sp³-hybridized carbons (Fsp3) is 0.481. The van der Waals surface area contributed by atoms with Crippen LogP contribution in [0.5, 0.6) is 11.6 Å². The van der Waals surface area contributed by atoms with Crippen molar-refractivity contribution in [2.24, 2.45) is 11.7 Å². The molecule has 3 aromatic rings. The van der Waals surface area contributed by atoms with Crippen molar-refractivity contribution >= 4 is 25.9 Å². The Morgan fingerprint density at radius 1 is 1.13 bits per heavy atom. The molecule has 2 N–H and O–H groups in total. The van der Waals surface area contributed by atoms with Crippen molar-refractivity contribution < 1.29 is 23.1 Å². The zero-order chi connectivity index (χ0) is 29.0. The summed E-state index contributed by atoms with van der Waals surface area (Å²) in [5.74, 6) is -1.54. The Kier molecular flexibility index (Phi) is 9.53. The van der Waals surface area contributed by atoms with Crippen molar-refractivity contribution in [2.45, 2.75) is 64.9 Å². The van der Waals surface area contributed by atoms with Crippen LogP contribution in [-0.4, -0.2) is 52.8 Å². The number of esters is 1. The number of carbonyl (C=O) groups is 1. The Morgan fingerprint density at radius 3 is 2.44 bits per heavy atom. The third kappa shape index (κ3) is 8.31. The molecule has 0 spiro atoms. The lowest BCUT2D eigenvalue weighted by Crippen LogP contribution is -2.45. The van der Waals surface area contributed by atoms with E-state index in [2.05, 4.69) is 48.9 Å². The predicted molar refractivity (Wildman–Crippen MR) is 151 cm³/mol. The molecule has 0 saturated carbocycles. The maximum atomic E-state index is 14.0. The minimum atomic E-state index is -2.10. The summed E-state index contributed by atoms with van der Waals surface area (Å²) in [5, 5.41) is 4.77. The van der Waals surface area contributed by atoms with E-state index in [1.165, 1.54) is 12.4 Å². The van der Waals surface area contributed by atoms with Crippen molar-refractivity contribution in [2.75, 3.05) is 13.2 Å². The molecule has 0 aliphatic carbocycles. The first-order valence-electron chi connectivity index (χ1n) is 12.7. The molecule has 0 saturated heterocycles. The molecule has 3 rings (SSSR count). The van der Waals surface area contributed by atoms with E-state index in [4.69, 9.17) is 31.2 Å². The fourth-order valence-electron chi connectivity index (χ4n) is 3.12. The van der Waals surface area contributed by atoms with Crippen LogP contribution < -0.4 is 10.5 Å². The highest BCUT2D eigenvalue weighted by Crippen LogP contribution is 2.37. The Hall–Kier alpha value is -2.86. The average molecular weight is 578 g/mol. The highest BCUT2D eigenvalue weighted by Gasteiger charge is 2.39. The average Bonchev–Trinajstić information content (AvgIpc) is 3.31. The van der Waals surface area contributed by atoms with Gasteiger partial charge in [0.2, 0.25) is 0 Å². The zero-order valence-corrected chi connectivity index (χ0v) is 25.3. The standard InChI is InChI=1S/C27H37ClFN5O4Si/c1-26(2,3)39(6,7)36-16-18(25(35)38-27(4,5)17-30)15-34-11-10-23(33-34)22-9-8-20(14-31-22)37-24-21(29)12-19(28)13-32-24/h8-14,18H,15-17,30H2,1-7H3/t18-/m0/s1. The van der Waals surface area contributed by atoms with Crippen molar-refractivity contribution in [1.82, 2.24) is 19.7 Å². The minimum Gasteiger partial charge on any atom is -0.458 e. The summed E-state index contributed by atoms with van der Waals surface area (Å²) in [6.07, 6.45) is 4.52. The Bertz CT molecular complexity index is 1280. The quantitative estimate of drug-likeness (QED) is 0.223. The van der Waals surface area contributed by atoms with Crippen LogP contribution >= 0.6 is 11.6 Å². The number of hydrogen-bond donors (Lipinski definition) is 1. The third-order valence-electron chi connectivity index (χ3n) is 6.69. The molecule has 3 heterocycles. The fourth-order valence-corrected chi connectivity index (χ4v) is 4.32. The van der Waals surface area contributed by atoms with Gasteiger partial charge < -0.3 is 19.6 Å². The van der Waals surface area contributed by atoms with Gasteiger partial charge in [0.15, 0.2) is 14.1 Å². The van der Waals surface area contributed by atoms with Crippen LogP contribution in [0.2, 0.25) is 23.2 Å². The van der Waals surface area contributed by atoms with Gasteiger partial charge in [0.1, 0.15) is 17.0 Å². The molecule has 12 heteroatoms. The molecule has 3 aromatic heterocycles. The SMILES string of the molecule is CC(C)(CN)OC(=O)[C@H](CO[Si](C)(C)C(C)(C)C)Cn1ccc(-c2ccc(Oc3ncc(Cl)cc3F)cn2)n1. The largest absolute Gasteiger partial charge is 0.458 e. The number of hydrogen-bond acceptors (Lipinski definition) is 8. The molecule has 9 nitrogen and oxygen atoms in total. The van der Waals surface area contributed by atoms with Gasteiger partial charge in [-0.25, -0.2) is 9.37 Å². The predicted octanol–water partition coefficient (Wildman–Crippen LogP) is 5.84. The zero-order valence-electron chi connectivity index (χ0n) is 23.5. The molecule has 0 aromatic carbocycles. The molecule has 0 amide bonds. The van der Waals surface area contributed by atoms with E-state index >= 15 is 0 Å². The Balaban J connectivity index is 1.74. The van der Waals surface area contributed by atoms with E-state index in [9.17, 15) is 9.18 Å². The first kappa shape index (κ1) is 30.7. The van der Waals surface area contributed by atoms with Crippen molar-refractivity contribution in [1.29, 1.82) is 0 Å². The summed E-state index contributed by atoms with van der Waals surface area (Å²) in [6.45, 7) is 15.0. The number of halogens is 2. The van der Waals surface area contributed by atoms with Gasteiger partial charge in [0.25, 0.3) is 5.88 Å². The molecule has 0 radical (unpaired) electrons. The second kappa shape index (κ2) is 12.1. The summed E-state index contributed by atoms with van der Waals surface area (Å²) in [4.78, 5) is 21.4. The number of carbonyl (C=O) groups excluding carboxylic acids is 1. The van der Waals surface area contributed by atoms with Crippen LogP contribution in [0.4, 0.5) is 4.39 Å². The number of ether oxygens (including phenoxy) is 2. The monoisotopic (exact) mass is 577 g/mol. The van der Waals surface area contributed by atoms with E-state index in [0.29, 0.717) is 17.1 Å². The van der Waals surface area contributed by atoms with Gasteiger partial charge in [-0.3, -0.25) is 14.5 Å². The Morgan fingerprint density at radius 2 is 1.85 bits per heavy atom. The van der Waals surface area contributed by atoms with Gasteiger partial charge in [0.05, 0.1) is 29.4 Å². The maximum absolute atomic E-state index is 14.0. The number of nitrogens with zero attached hydrogens (tertiary/aromatic N) is 4. The molecular formula is C27H37ClFN5O4Si. The highest BCUT2D eigenvalue weighted by atomic mass is 35.5. The molecular weight excluding hydrogens is 541 g/mol. The van der Waals surface area contributed by atoms with Crippen LogP contribution in [-0.2, 0) is 20.5 Å². The summed E-state index contributed by atoms with van der Waals surface area (Å²) >= 11 is 5.73. The van der Waals surface area contributed by atoms with Gasteiger partial charge in [-0.1, -0.05) is 32.4 Å². The minimum absolute atomic E-state index is 0.00616. The van der Waals surface area contributed by atoms with Gasteiger partial charge in [-0.2, -0.15) is 5.10 Å². The summed E-state index contributed by atoms with van der Waals surface area (Å²) in [5.41, 5.74) is 6.16. The second-order valence-corrected chi connectivity index (χ2v) is 16.7. The molecule has 0 aliphatic rings. The van der Waals surface area contributed by atoms with Gasteiger partial charge >= 0.3 is 5.97 Å². The smallest absolute Gasteiger partial charge is 0.313 e.